The second-order valence-corrected chi connectivity index (χ2v) is 15.1. The van der Waals surface area contributed by atoms with Crippen molar-refractivity contribution in [2.75, 3.05) is 4.90 Å². The molecule has 0 unspecified atom stereocenters. The summed E-state index contributed by atoms with van der Waals surface area (Å²) in [4.78, 5) is 2.41. The summed E-state index contributed by atoms with van der Waals surface area (Å²) < 4.78 is 0. The first-order valence-corrected chi connectivity index (χ1v) is 19.7. The molecular weight excluding hydrogens is 675 g/mol. The Hall–Kier alpha value is -6.96. The molecule has 8 aromatic rings. The van der Waals surface area contributed by atoms with Crippen LogP contribution < -0.4 is 4.90 Å². The fourth-order valence-electron chi connectivity index (χ4n) is 9.82. The molecule has 0 atom stereocenters. The Morgan fingerprint density at radius 3 is 1.39 bits per heavy atom. The summed E-state index contributed by atoms with van der Waals surface area (Å²) in [5.41, 5.74) is 21.8. The third kappa shape index (κ3) is 4.94. The average Bonchev–Trinajstić information content (AvgIpc) is 3.75. The highest BCUT2D eigenvalue weighted by molar-refractivity contribution is 5.98. The van der Waals surface area contributed by atoms with Gasteiger partial charge in [-0.3, -0.25) is 0 Å². The quantitative estimate of drug-likeness (QED) is 0.166. The molecule has 264 valence electrons. The maximum absolute atomic E-state index is 2.55. The zero-order valence-electron chi connectivity index (χ0n) is 31.1. The van der Waals surface area contributed by atoms with E-state index in [2.05, 4.69) is 217 Å². The van der Waals surface area contributed by atoms with Gasteiger partial charge in [-0.15, -0.1) is 0 Å². The Bertz CT molecular complexity index is 2780. The number of fused-ring (bicyclic) bond motifs is 9. The van der Waals surface area contributed by atoms with E-state index < -0.39 is 0 Å². The van der Waals surface area contributed by atoms with E-state index in [-0.39, 0.29) is 5.41 Å². The van der Waals surface area contributed by atoms with E-state index in [1.54, 1.807) is 0 Å². The summed E-state index contributed by atoms with van der Waals surface area (Å²) in [7, 11) is 0. The third-order valence-corrected chi connectivity index (χ3v) is 12.3. The molecule has 0 saturated carbocycles. The maximum Gasteiger partial charge on any atom is 0.0722 e. The largest absolute Gasteiger partial charge is 0.310 e. The van der Waals surface area contributed by atoms with Gasteiger partial charge >= 0.3 is 0 Å². The molecule has 56 heavy (non-hydrogen) atoms. The SMILES string of the molecule is C1=C(c2ccc(N(c3ccc(-c4ccccc4)cc3)c3ccccc3-c3ccccc3)cc2)CCC2=C1C1(c3ccccc32)c2ccccc2-c2ccccc21. The summed E-state index contributed by atoms with van der Waals surface area (Å²) in [6.45, 7) is 0. The van der Waals surface area contributed by atoms with Gasteiger partial charge in [0.15, 0.2) is 0 Å². The average molecular weight is 714 g/mol. The highest BCUT2D eigenvalue weighted by atomic mass is 15.1. The van der Waals surface area contributed by atoms with Gasteiger partial charge in [0.2, 0.25) is 0 Å². The van der Waals surface area contributed by atoms with Crippen molar-refractivity contribution in [1.82, 2.24) is 0 Å². The minimum absolute atomic E-state index is 0.311. The summed E-state index contributed by atoms with van der Waals surface area (Å²) in [6.07, 6.45) is 4.58. The standard InChI is InChI=1S/C55H39N/c1-3-15-38(16-4-1)39-27-32-43(33-28-39)56(54-26-14-10-19-45(54)41-17-5-2-6-18-41)44-34-29-40(30-35-44)42-31-36-49-48-22-9-13-25-52(48)55(53(49)37-42)50-23-11-7-20-46(50)47-21-8-12-24-51(47)55/h1-30,32-35,37H,31,36H2. The lowest BCUT2D eigenvalue weighted by atomic mass is 9.68. The maximum atomic E-state index is 2.55. The molecule has 3 aliphatic carbocycles. The van der Waals surface area contributed by atoms with Gasteiger partial charge in [0, 0.05) is 16.9 Å². The molecule has 3 aliphatic rings. The van der Waals surface area contributed by atoms with E-state index in [1.807, 2.05) is 0 Å². The summed E-state index contributed by atoms with van der Waals surface area (Å²) in [5, 5.41) is 0. The Kier molecular flexibility index (Phi) is 7.60. The predicted molar refractivity (Wildman–Crippen MR) is 234 cm³/mol. The van der Waals surface area contributed by atoms with Crippen LogP contribution in [0.3, 0.4) is 0 Å². The van der Waals surface area contributed by atoms with Gasteiger partial charge in [0.05, 0.1) is 11.1 Å². The predicted octanol–water partition coefficient (Wildman–Crippen LogP) is 14.4. The molecule has 8 aromatic carbocycles. The fraction of sp³-hybridized carbons (Fsp3) is 0.0545. The second-order valence-electron chi connectivity index (χ2n) is 15.1. The van der Waals surface area contributed by atoms with Gasteiger partial charge in [-0.1, -0.05) is 182 Å². The highest BCUT2D eigenvalue weighted by Gasteiger charge is 2.52. The Morgan fingerprint density at radius 2 is 0.786 bits per heavy atom. The van der Waals surface area contributed by atoms with Gasteiger partial charge in [-0.25, -0.2) is 0 Å². The number of hydrogen-bond donors (Lipinski definition) is 0. The number of nitrogens with zero attached hydrogens (tertiary/aromatic N) is 1. The highest BCUT2D eigenvalue weighted by Crippen LogP contribution is 2.64. The van der Waals surface area contributed by atoms with E-state index in [9.17, 15) is 0 Å². The lowest BCUT2D eigenvalue weighted by molar-refractivity contribution is 0.782. The van der Waals surface area contributed by atoms with Crippen molar-refractivity contribution >= 4 is 28.2 Å². The van der Waals surface area contributed by atoms with Crippen LogP contribution in [0.5, 0.6) is 0 Å². The first kappa shape index (κ1) is 32.5. The van der Waals surface area contributed by atoms with Crippen molar-refractivity contribution in [3.8, 4) is 33.4 Å². The van der Waals surface area contributed by atoms with Crippen molar-refractivity contribution in [2.24, 2.45) is 0 Å². The third-order valence-electron chi connectivity index (χ3n) is 12.3. The topological polar surface area (TPSA) is 3.24 Å². The minimum atomic E-state index is -0.311. The van der Waals surface area contributed by atoms with Crippen molar-refractivity contribution in [1.29, 1.82) is 0 Å². The van der Waals surface area contributed by atoms with Crippen LogP contribution in [0, 0.1) is 0 Å². The normalized spacial score (nSPS) is 14.5. The number of allylic oxidation sites excluding steroid dienone is 4. The van der Waals surface area contributed by atoms with Crippen molar-refractivity contribution in [2.45, 2.75) is 18.3 Å². The van der Waals surface area contributed by atoms with Gasteiger partial charge in [-0.05, 0) is 116 Å². The van der Waals surface area contributed by atoms with E-state index >= 15 is 0 Å². The van der Waals surface area contributed by atoms with Crippen LogP contribution in [0.2, 0.25) is 0 Å². The lowest BCUT2D eigenvalue weighted by Gasteiger charge is -2.33. The molecule has 0 fully saturated rings. The molecule has 0 N–H and O–H groups in total. The van der Waals surface area contributed by atoms with Crippen molar-refractivity contribution < 1.29 is 0 Å². The molecule has 1 spiro atoms. The number of para-hydroxylation sites is 1. The number of hydrogen-bond acceptors (Lipinski definition) is 1. The minimum Gasteiger partial charge on any atom is -0.310 e. The molecule has 0 radical (unpaired) electrons. The monoisotopic (exact) mass is 713 g/mol. The van der Waals surface area contributed by atoms with Crippen LogP contribution >= 0.6 is 0 Å². The number of rotatable bonds is 6. The number of anilines is 3. The molecule has 0 bridgehead atoms. The first-order chi connectivity index (χ1) is 27.8. The Balaban J connectivity index is 1.03. The van der Waals surface area contributed by atoms with Gasteiger partial charge in [-0.2, -0.15) is 0 Å². The summed E-state index contributed by atoms with van der Waals surface area (Å²) >= 11 is 0. The summed E-state index contributed by atoms with van der Waals surface area (Å²) in [6, 6.07) is 75.7. The molecule has 1 heteroatoms. The number of benzene rings is 8. The van der Waals surface area contributed by atoms with Crippen LogP contribution in [-0.2, 0) is 5.41 Å². The molecule has 0 heterocycles. The molecule has 0 amide bonds. The van der Waals surface area contributed by atoms with Crippen LogP contribution in [-0.4, -0.2) is 0 Å². The van der Waals surface area contributed by atoms with E-state index in [0.717, 1.165) is 29.9 Å². The molecule has 1 nitrogen and oxygen atoms in total. The van der Waals surface area contributed by atoms with Crippen LogP contribution in [0.25, 0.3) is 44.5 Å². The molecule has 0 aliphatic heterocycles. The van der Waals surface area contributed by atoms with Gasteiger partial charge in [0.1, 0.15) is 0 Å². The summed E-state index contributed by atoms with van der Waals surface area (Å²) in [5.74, 6) is 0. The van der Waals surface area contributed by atoms with Gasteiger partial charge in [0.25, 0.3) is 0 Å². The molecule has 11 rings (SSSR count). The van der Waals surface area contributed by atoms with Crippen LogP contribution in [0.1, 0.15) is 40.7 Å². The van der Waals surface area contributed by atoms with E-state index in [1.165, 1.54) is 77.9 Å². The van der Waals surface area contributed by atoms with Crippen LogP contribution in [0.4, 0.5) is 17.1 Å². The van der Waals surface area contributed by atoms with Crippen molar-refractivity contribution in [3.63, 3.8) is 0 Å². The Labute approximate surface area is 329 Å². The zero-order chi connectivity index (χ0) is 37.1. The van der Waals surface area contributed by atoms with E-state index in [4.69, 9.17) is 0 Å². The molecule has 0 saturated heterocycles. The molecular formula is C55H39N. The zero-order valence-corrected chi connectivity index (χ0v) is 31.1. The molecule has 0 aromatic heterocycles. The van der Waals surface area contributed by atoms with E-state index in [0.29, 0.717) is 0 Å². The smallest absolute Gasteiger partial charge is 0.0722 e. The lowest BCUT2D eigenvalue weighted by Crippen LogP contribution is -2.27. The second kappa shape index (κ2) is 13.1. The fourth-order valence-corrected chi connectivity index (χ4v) is 9.82. The van der Waals surface area contributed by atoms with Gasteiger partial charge < -0.3 is 4.90 Å². The van der Waals surface area contributed by atoms with Crippen molar-refractivity contribution in [3.05, 3.63) is 246 Å². The Morgan fingerprint density at radius 1 is 0.339 bits per heavy atom. The first-order valence-electron chi connectivity index (χ1n) is 19.7. The van der Waals surface area contributed by atoms with Crippen LogP contribution in [0.15, 0.2) is 218 Å².